The molecule has 5 nitrogen and oxygen atoms in total. The molecule has 0 saturated heterocycles. The smallest absolute Gasteiger partial charge is 0.100 e. The van der Waals surface area contributed by atoms with E-state index in [4.69, 9.17) is 4.98 Å². The monoisotopic (exact) mass is 871 g/mol. The molecule has 0 radical (unpaired) electrons. The average Bonchev–Trinajstić information content (AvgIpc) is 4.14. The van der Waals surface area contributed by atoms with Gasteiger partial charge in [0.05, 0.1) is 44.3 Å². The first kappa shape index (κ1) is 38.6. The maximum absolute atomic E-state index is 4.90. The van der Waals surface area contributed by atoms with Crippen LogP contribution in [0.25, 0.3) is 71.7 Å². The van der Waals surface area contributed by atoms with Gasteiger partial charge in [0.2, 0.25) is 0 Å². The molecule has 68 heavy (non-hydrogen) atoms. The molecule has 9 aromatic carbocycles. The zero-order valence-electron chi connectivity index (χ0n) is 37.5. The molecule has 4 heterocycles. The van der Waals surface area contributed by atoms with Gasteiger partial charge >= 0.3 is 0 Å². The van der Waals surface area contributed by atoms with E-state index in [-0.39, 0.29) is 11.8 Å². The number of fused-ring (bicyclic) bond motifs is 10. The minimum absolute atomic E-state index is 0.00484. The molecule has 2 atom stereocenters. The van der Waals surface area contributed by atoms with Crippen molar-refractivity contribution in [2.75, 3.05) is 4.90 Å². The molecular weight excluding hydrogens is 827 g/mol. The van der Waals surface area contributed by atoms with Gasteiger partial charge < -0.3 is 14.0 Å². The minimum Gasteiger partial charge on any atom is -0.331 e. The molecule has 0 N–H and O–H groups in total. The highest BCUT2D eigenvalue weighted by Crippen LogP contribution is 2.56. The van der Waals surface area contributed by atoms with Crippen molar-refractivity contribution in [1.29, 1.82) is 0 Å². The Kier molecular flexibility index (Phi) is 8.47. The molecule has 0 fully saturated rings. The van der Waals surface area contributed by atoms with E-state index < -0.39 is 5.54 Å². The summed E-state index contributed by atoms with van der Waals surface area (Å²) in [5.74, 6) is -0.0502. The van der Waals surface area contributed by atoms with Gasteiger partial charge in [-0.15, -0.1) is 0 Å². The van der Waals surface area contributed by atoms with Gasteiger partial charge in [-0.2, -0.15) is 0 Å². The highest BCUT2D eigenvalue weighted by Gasteiger charge is 2.48. The Morgan fingerprint density at radius 1 is 0.471 bits per heavy atom. The lowest BCUT2D eigenvalue weighted by Crippen LogP contribution is -2.42. The summed E-state index contributed by atoms with van der Waals surface area (Å²) < 4.78 is 7.19. The highest BCUT2D eigenvalue weighted by molar-refractivity contribution is 6.11. The van der Waals surface area contributed by atoms with Gasteiger partial charge in [-0.3, -0.25) is 4.57 Å². The number of para-hydroxylation sites is 6. The summed E-state index contributed by atoms with van der Waals surface area (Å²) in [6, 6.07) is 79.9. The van der Waals surface area contributed by atoms with Crippen molar-refractivity contribution in [3.63, 3.8) is 0 Å². The van der Waals surface area contributed by atoms with Crippen LogP contribution in [0, 0.1) is 0 Å². The Balaban J connectivity index is 1.02. The van der Waals surface area contributed by atoms with Gasteiger partial charge in [-0.25, -0.2) is 4.98 Å². The molecule has 2 aliphatic rings. The average molecular weight is 872 g/mol. The van der Waals surface area contributed by atoms with Crippen LogP contribution in [0.4, 0.5) is 11.4 Å². The summed E-state index contributed by atoms with van der Waals surface area (Å²) in [7, 11) is 0. The van der Waals surface area contributed by atoms with E-state index in [1.54, 1.807) is 0 Å². The van der Waals surface area contributed by atoms with Gasteiger partial charge in [-0.1, -0.05) is 158 Å². The Bertz CT molecular complexity index is 3870. The van der Waals surface area contributed by atoms with Crippen LogP contribution < -0.4 is 4.90 Å². The van der Waals surface area contributed by atoms with Gasteiger partial charge in [0.15, 0.2) is 0 Å². The van der Waals surface area contributed by atoms with Crippen molar-refractivity contribution in [3.8, 4) is 11.4 Å². The Hall–Kier alpha value is -8.67. The molecule has 3 aromatic heterocycles. The second kappa shape index (κ2) is 14.9. The van der Waals surface area contributed by atoms with Crippen molar-refractivity contribution in [2.24, 2.45) is 0 Å². The van der Waals surface area contributed by atoms with E-state index in [0.717, 1.165) is 28.1 Å². The number of anilines is 2. The first-order valence-electron chi connectivity index (χ1n) is 23.6. The second-order valence-corrected chi connectivity index (χ2v) is 18.5. The van der Waals surface area contributed by atoms with Crippen molar-refractivity contribution < 1.29 is 0 Å². The number of hydrogen-bond acceptors (Lipinski definition) is 2. The molecule has 14 rings (SSSR count). The maximum Gasteiger partial charge on any atom is 0.100 e. The van der Waals surface area contributed by atoms with Gasteiger partial charge in [-0.05, 0) is 108 Å². The molecule has 0 saturated carbocycles. The van der Waals surface area contributed by atoms with Crippen LogP contribution in [-0.4, -0.2) is 24.2 Å². The Labute approximate surface area is 394 Å². The zero-order chi connectivity index (χ0) is 44.9. The summed E-state index contributed by atoms with van der Waals surface area (Å²) in [5.41, 5.74) is 17.2. The number of benzene rings is 9. The standard InChI is InChI=1S/C63H45N5/c1-63-37-36-45(67-58-29-15-10-24-49(58)50-25-11-16-30-59(50)67)40-53(63)51-38-44(66-56-27-13-8-22-47(56)48-23-9-14-28-57(48)66)32-35-60(51)68(63)46-33-34-55(65-41-64-54-26-12-17-31-61(54)65)52(39-46)62(42-18-4-2-5-19-42)43-20-6-3-7-21-43/h2-41,53,62H,1H3. The topological polar surface area (TPSA) is 30.9 Å². The summed E-state index contributed by atoms with van der Waals surface area (Å²) in [6.07, 6.45) is 9.36. The van der Waals surface area contributed by atoms with Crippen LogP contribution in [0.1, 0.15) is 41.0 Å². The number of aromatic nitrogens is 4. The third kappa shape index (κ3) is 5.66. The summed E-state index contributed by atoms with van der Waals surface area (Å²) in [6.45, 7) is 2.43. The zero-order valence-corrected chi connectivity index (χ0v) is 37.5. The fraction of sp³-hybridized carbons (Fsp3) is 0.0635. The van der Waals surface area contributed by atoms with E-state index in [0.29, 0.717) is 0 Å². The largest absolute Gasteiger partial charge is 0.331 e. The molecule has 1 aliphatic carbocycles. The molecule has 0 bridgehead atoms. The lowest BCUT2D eigenvalue weighted by Gasteiger charge is -2.40. The van der Waals surface area contributed by atoms with Gasteiger partial charge in [0, 0.05) is 56.1 Å². The third-order valence-corrected chi connectivity index (χ3v) is 14.9. The fourth-order valence-corrected chi connectivity index (χ4v) is 11.9. The molecule has 1 aliphatic heterocycles. The molecule has 322 valence electrons. The van der Waals surface area contributed by atoms with Crippen molar-refractivity contribution in [2.45, 2.75) is 24.3 Å². The highest BCUT2D eigenvalue weighted by atomic mass is 15.2. The van der Waals surface area contributed by atoms with Crippen LogP contribution in [0.15, 0.2) is 243 Å². The number of allylic oxidation sites excluding steroid dienone is 2. The summed E-state index contributed by atoms with van der Waals surface area (Å²) in [5, 5.41) is 5.04. The van der Waals surface area contributed by atoms with Crippen LogP contribution >= 0.6 is 0 Å². The lowest BCUT2D eigenvalue weighted by molar-refractivity contribution is 0.542. The van der Waals surface area contributed by atoms with Gasteiger partial charge in [0.25, 0.3) is 0 Å². The van der Waals surface area contributed by atoms with Crippen LogP contribution in [-0.2, 0) is 0 Å². The number of rotatable bonds is 7. The summed E-state index contributed by atoms with van der Waals surface area (Å²) in [4.78, 5) is 7.52. The molecular formula is C63H45N5. The number of hydrogen-bond donors (Lipinski definition) is 0. The van der Waals surface area contributed by atoms with E-state index in [1.807, 2.05) is 6.33 Å². The fourth-order valence-electron chi connectivity index (χ4n) is 11.9. The molecule has 0 amide bonds. The predicted molar refractivity (Wildman–Crippen MR) is 282 cm³/mol. The molecule has 0 spiro atoms. The Morgan fingerprint density at radius 3 is 1.57 bits per heavy atom. The maximum atomic E-state index is 4.90. The van der Waals surface area contributed by atoms with E-state index in [9.17, 15) is 0 Å². The van der Waals surface area contributed by atoms with Gasteiger partial charge in [0.1, 0.15) is 6.33 Å². The quantitative estimate of drug-likeness (QED) is 0.149. The normalized spacial score (nSPS) is 16.6. The van der Waals surface area contributed by atoms with E-state index in [1.165, 1.54) is 77.2 Å². The minimum atomic E-state index is -0.459. The number of imidazole rings is 1. The first-order chi connectivity index (χ1) is 33.6. The van der Waals surface area contributed by atoms with E-state index >= 15 is 0 Å². The predicted octanol–water partition coefficient (Wildman–Crippen LogP) is 15.5. The van der Waals surface area contributed by atoms with Crippen LogP contribution in [0.3, 0.4) is 0 Å². The lowest BCUT2D eigenvalue weighted by atomic mass is 9.79. The van der Waals surface area contributed by atoms with Crippen molar-refractivity contribution >= 4 is 71.7 Å². The summed E-state index contributed by atoms with van der Waals surface area (Å²) >= 11 is 0. The van der Waals surface area contributed by atoms with Crippen LogP contribution in [0.2, 0.25) is 0 Å². The number of nitrogens with zero attached hydrogens (tertiary/aromatic N) is 5. The molecule has 12 aromatic rings. The SMILES string of the molecule is CC12C=CC(n3c4ccccc4c4ccccc43)=CC1c1cc(-n3c4ccccc4c4ccccc43)ccc1N2c1ccc(-n2cnc3ccccc32)c(C(c2ccccc2)c2ccccc2)c1. The molecule has 5 heteroatoms. The van der Waals surface area contributed by atoms with E-state index in [2.05, 4.69) is 262 Å². The second-order valence-electron chi connectivity index (χ2n) is 18.5. The Morgan fingerprint density at radius 2 is 0.971 bits per heavy atom. The van der Waals surface area contributed by atoms with Crippen LogP contribution in [0.5, 0.6) is 0 Å². The van der Waals surface area contributed by atoms with Crippen molar-refractivity contribution in [1.82, 2.24) is 18.7 Å². The van der Waals surface area contributed by atoms with Crippen molar-refractivity contribution in [3.05, 3.63) is 265 Å². The first-order valence-corrected chi connectivity index (χ1v) is 23.6. The molecule has 2 unspecified atom stereocenters. The third-order valence-electron chi connectivity index (χ3n) is 14.9.